The molecule has 3 rings (SSSR count). The largest absolute Gasteiger partial charge is 0.496 e. The maximum Gasteiger partial charge on any atom is 0.140 e. The molecule has 0 unspecified atom stereocenters. The van der Waals surface area contributed by atoms with Crippen molar-refractivity contribution in [2.24, 2.45) is 0 Å². The number of hydrogen-bond donors (Lipinski definition) is 0. The summed E-state index contributed by atoms with van der Waals surface area (Å²) < 4.78 is 13.2. The van der Waals surface area contributed by atoms with Crippen molar-refractivity contribution in [2.45, 2.75) is 13.5 Å². The van der Waals surface area contributed by atoms with Crippen LogP contribution in [0.1, 0.15) is 11.3 Å². The normalized spacial score (nSPS) is 10.8. The molecule has 5 heteroatoms. The van der Waals surface area contributed by atoms with Crippen LogP contribution >= 0.6 is 11.6 Å². The van der Waals surface area contributed by atoms with Crippen molar-refractivity contribution in [3.63, 3.8) is 0 Å². The van der Waals surface area contributed by atoms with Crippen molar-refractivity contribution in [1.82, 2.24) is 9.38 Å². The molecule has 1 aromatic carbocycles. The number of aromatic nitrogens is 2. The fraction of sp³-hybridized carbons (Fsp3) is 0.188. The van der Waals surface area contributed by atoms with Crippen molar-refractivity contribution < 1.29 is 9.47 Å². The molecule has 0 N–H and O–H groups in total. The van der Waals surface area contributed by atoms with Crippen LogP contribution in [-0.4, -0.2) is 16.5 Å². The summed E-state index contributed by atoms with van der Waals surface area (Å²) in [5, 5.41) is 0.644. The number of pyridine rings is 1. The van der Waals surface area contributed by atoms with Crippen LogP contribution < -0.4 is 9.47 Å². The Balaban J connectivity index is 1.83. The molecule has 0 saturated carbocycles. The predicted molar refractivity (Wildman–Crippen MR) is 82.3 cm³/mol. The van der Waals surface area contributed by atoms with E-state index in [-0.39, 0.29) is 0 Å². The number of hydrogen-bond acceptors (Lipinski definition) is 3. The highest BCUT2D eigenvalue weighted by Crippen LogP contribution is 2.25. The van der Waals surface area contributed by atoms with Crippen LogP contribution in [0.3, 0.4) is 0 Å². The van der Waals surface area contributed by atoms with Gasteiger partial charge in [0.1, 0.15) is 23.8 Å². The Morgan fingerprint density at radius 2 is 2.10 bits per heavy atom. The van der Waals surface area contributed by atoms with E-state index < -0.39 is 0 Å². The van der Waals surface area contributed by atoms with Gasteiger partial charge in [0, 0.05) is 34.7 Å². The van der Waals surface area contributed by atoms with E-state index in [9.17, 15) is 0 Å². The van der Waals surface area contributed by atoms with Crippen LogP contribution in [0.15, 0.2) is 42.7 Å². The van der Waals surface area contributed by atoms with Gasteiger partial charge in [0.2, 0.25) is 0 Å². The molecule has 0 bridgehead atoms. The van der Waals surface area contributed by atoms with E-state index in [1.165, 1.54) is 0 Å². The first kappa shape index (κ1) is 13.8. The Kier molecular flexibility index (Phi) is 3.71. The lowest BCUT2D eigenvalue weighted by Gasteiger charge is -2.11. The molecule has 0 amide bonds. The van der Waals surface area contributed by atoms with Gasteiger partial charge in [-0.25, -0.2) is 4.98 Å². The van der Waals surface area contributed by atoms with Crippen molar-refractivity contribution in [2.75, 3.05) is 7.11 Å². The minimum atomic E-state index is 0.413. The maximum absolute atomic E-state index is 5.95. The van der Waals surface area contributed by atoms with Crippen molar-refractivity contribution in [3.8, 4) is 11.5 Å². The molecule has 4 nitrogen and oxygen atoms in total. The fourth-order valence-electron chi connectivity index (χ4n) is 2.25. The molecule has 2 heterocycles. The van der Waals surface area contributed by atoms with Crippen LogP contribution in [0, 0.1) is 6.92 Å². The predicted octanol–water partition coefficient (Wildman–Crippen LogP) is 3.88. The Bertz CT molecular complexity index is 783. The van der Waals surface area contributed by atoms with Gasteiger partial charge in [-0.05, 0) is 25.1 Å². The molecule has 2 aromatic heterocycles. The first-order valence-electron chi connectivity index (χ1n) is 6.56. The molecular formula is C16H15ClN2O2. The van der Waals surface area contributed by atoms with Gasteiger partial charge in [-0.2, -0.15) is 0 Å². The Morgan fingerprint density at radius 3 is 2.90 bits per heavy atom. The van der Waals surface area contributed by atoms with Crippen molar-refractivity contribution in [3.05, 3.63) is 59.0 Å². The second-order valence-corrected chi connectivity index (χ2v) is 5.17. The summed E-state index contributed by atoms with van der Waals surface area (Å²) in [6, 6.07) is 9.41. The smallest absolute Gasteiger partial charge is 0.140 e. The summed E-state index contributed by atoms with van der Waals surface area (Å²) in [6.45, 7) is 2.43. The number of halogens is 1. The van der Waals surface area contributed by atoms with Crippen molar-refractivity contribution in [1.29, 1.82) is 0 Å². The first-order chi connectivity index (χ1) is 10.2. The summed E-state index contributed by atoms with van der Waals surface area (Å²) >= 11 is 5.95. The van der Waals surface area contributed by atoms with Crippen LogP contribution in [0.4, 0.5) is 0 Å². The Hall–Kier alpha value is -2.20. The van der Waals surface area contributed by atoms with Gasteiger partial charge in [-0.15, -0.1) is 0 Å². The zero-order valence-electron chi connectivity index (χ0n) is 11.8. The van der Waals surface area contributed by atoms with Gasteiger partial charge in [0.25, 0.3) is 0 Å². The molecule has 0 atom stereocenters. The van der Waals surface area contributed by atoms with Crippen molar-refractivity contribution >= 4 is 17.2 Å². The van der Waals surface area contributed by atoms with E-state index in [0.717, 1.165) is 28.4 Å². The number of imidazole rings is 1. The molecule has 108 valence electrons. The average molecular weight is 303 g/mol. The van der Waals surface area contributed by atoms with Crippen LogP contribution in [0.25, 0.3) is 5.65 Å². The van der Waals surface area contributed by atoms with Gasteiger partial charge < -0.3 is 13.9 Å². The third-order valence-electron chi connectivity index (χ3n) is 3.32. The number of benzene rings is 1. The SMILES string of the molecule is COc1cc(Cl)ccc1COc1cc(C)n2ccnc2c1. The lowest BCUT2D eigenvalue weighted by Crippen LogP contribution is -2.00. The summed E-state index contributed by atoms with van der Waals surface area (Å²) in [5.74, 6) is 1.50. The zero-order valence-corrected chi connectivity index (χ0v) is 12.6. The van der Waals surface area contributed by atoms with E-state index in [2.05, 4.69) is 4.98 Å². The Morgan fingerprint density at radius 1 is 1.24 bits per heavy atom. The highest BCUT2D eigenvalue weighted by Gasteiger charge is 2.07. The van der Waals surface area contributed by atoms with Gasteiger partial charge in [0.05, 0.1) is 7.11 Å². The molecule has 0 saturated heterocycles. The van der Waals surface area contributed by atoms with Crippen LogP contribution in [0.2, 0.25) is 5.02 Å². The highest BCUT2D eigenvalue weighted by molar-refractivity contribution is 6.30. The number of nitrogens with zero attached hydrogens (tertiary/aromatic N) is 2. The topological polar surface area (TPSA) is 35.8 Å². The van der Waals surface area contributed by atoms with E-state index in [4.69, 9.17) is 21.1 Å². The minimum Gasteiger partial charge on any atom is -0.496 e. The third-order valence-corrected chi connectivity index (χ3v) is 3.55. The molecule has 0 spiro atoms. The first-order valence-corrected chi connectivity index (χ1v) is 6.94. The monoisotopic (exact) mass is 302 g/mol. The number of rotatable bonds is 4. The van der Waals surface area contributed by atoms with Gasteiger partial charge in [0.15, 0.2) is 0 Å². The standard InChI is InChI=1S/C16H15ClN2O2/c1-11-7-14(9-16-18-5-6-19(11)16)21-10-12-3-4-13(17)8-15(12)20-2/h3-9H,10H2,1-2H3. The quantitative estimate of drug-likeness (QED) is 0.733. The maximum atomic E-state index is 5.95. The second-order valence-electron chi connectivity index (χ2n) is 4.73. The van der Waals surface area contributed by atoms with Crippen LogP contribution in [0.5, 0.6) is 11.5 Å². The van der Waals surface area contributed by atoms with E-state index in [1.54, 1.807) is 19.4 Å². The fourth-order valence-corrected chi connectivity index (χ4v) is 2.41. The molecule has 0 radical (unpaired) electrons. The van der Waals surface area contributed by atoms with E-state index >= 15 is 0 Å². The second kappa shape index (κ2) is 5.66. The molecule has 0 aliphatic rings. The van der Waals surface area contributed by atoms with Gasteiger partial charge in [-0.3, -0.25) is 0 Å². The number of aryl methyl sites for hydroxylation is 1. The molecule has 0 aliphatic heterocycles. The van der Waals surface area contributed by atoms with Gasteiger partial charge >= 0.3 is 0 Å². The summed E-state index contributed by atoms with van der Waals surface area (Å²) in [6.07, 6.45) is 3.70. The number of ether oxygens (including phenoxy) is 2. The number of methoxy groups -OCH3 is 1. The Labute approximate surface area is 127 Å². The van der Waals surface area contributed by atoms with E-state index in [1.807, 2.05) is 41.8 Å². The average Bonchev–Trinajstić information content (AvgIpc) is 2.94. The molecule has 0 fully saturated rings. The van der Waals surface area contributed by atoms with Crippen LogP contribution in [-0.2, 0) is 6.61 Å². The molecule has 0 aliphatic carbocycles. The molecule has 3 aromatic rings. The van der Waals surface area contributed by atoms with E-state index in [0.29, 0.717) is 11.6 Å². The zero-order chi connectivity index (χ0) is 14.8. The molecule has 21 heavy (non-hydrogen) atoms. The highest BCUT2D eigenvalue weighted by atomic mass is 35.5. The summed E-state index contributed by atoms with van der Waals surface area (Å²) in [7, 11) is 1.62. The minimum absolute atomic E-state index is 0.413. The lowest BCUT2D eigenvalue weighted by molar-refractivity contribution is 0.296. The lowest BCUT2D eigenvalue weighted by atomic mass is 10.2. The number of fused-ring (bicyclic) bond motifs is 1. The summed E-state index contributed by atoms with van der Waals surface area (Å²) in [4.78, 5) is 4.28. The third kappa shape index (κ3) is 2.81. The van der Waals surface area contributed by atoms with Gasteiger partial charge in [-0.1, -0.05) is 17.7 Å². The summed E-state index contributed by atoms with van der Waals surface area (Å²) in [5.41, 5.74) is 2.89. The molecular weight excluding hydrogens is 288 g/mol.